The zero-order chi connectivity index (χ0) is 12.5. The van der Waals surface area contributed by atoms with Gasteiger partial charge in [-0.1, -0.05) is 0 Å². The van der Waals surface area contributed by atoms with Gasteiger partial charge in [-0.05, 0) is 25.1 Å². The average molecular weight is 245 g/mol. The van der Waals surface area contributed by atoms with Crippen LogP contribution in [0.2, 0.25) is 0 Å². The van der Waals surface area contributed by atoms with Crippen LogP contribution in [-0.4, -0.2) is 30.1 Å². The topological polar surface area (TPSA) is 28.2 Å². The highest BCUT2D eigenvalue weighted by molar-refractivity contribution is 5.24. The van der Waals surface area contributed by atoms with E-state index < -0.39 is 11.7 Å². The van der Waals surface area contributed by atoms with Crippen LogP contribution in [-0.2, 0) is 6.18 Å². The van der Waals surface area contributed by atoms with Gasteiger partial charge in [0.25, 0.3) is 0 Å². The number of hydrazine groups is 1. The molecule has 1 N–H and O–H groups in total. The Labute approximate surface area is 97.6 Å². The zero-order valence-electron chi connectivity index (χ0n) is 9.46. The molecule has 1 aliphatic heterocycles. The van der Waals surface area contributed by atoms with Gasteiger partial charge in [0.05, 0.1) is 5.56 Å². The van der Waals surface area contributed by atoms with Crippen LogP contribution in [0.4, 0.5) is 13.2 Å². The van der Waals surface area contributed by atoms with Gasteiger partial charge in [0.1, 0.15) is 0 Å². The van der Waals surface area contributed by atoms with Gasteiger partial charge >= 0.3 is 6.18 Å². The molecule has 0 spiro atoms. The van der Waals surface area contributed by atoms with Crippen molar-refractivity contribution >= 4 is 0 Å². The van der Waals surface area contributed by atoms with Crippen molar-refractivity contribution < 1.29 is 13.2 Å². The van der Waals surface area contributed by atoms with Crippen molar-refractivity contribution in [1.82, 2.24) is 15.4 Å². The summed E-state index contributed by atoms with van der Waals surface area (Å²) in [5.41, 5.74) is 3.00. The number of halogens is 3. The summed E-state index contributed by atoms with van der Waals surface area (Å²) in [7, 11) is 1.81. The van der Waals surface area contributed by atoms with E-state index in [1.165, 1.54) is 12.3 Å². The molecule has 17 heavy (non-hydrogen) atoms. The van der Waals surface area contributed by atoms with Gasteiger partial charge in [-0.25, -0.2) is 5.01 Å². The van der Waals surface area contributed by atoms with E-state index in [9.17, 15) is 13.2 Å². The van der Waals surface area contributed by atoms with Crippen molar-refractivity contribution in [3.05, 3.63) is 29.6 Å². The highest BCUT2D eigenvalue weighted by atomic mass is 19.4. The highest BCUT2D eigenvalue weighted by Gasteiger charge is 2.32. The molecule has 1 atom stereocenters. The van der Waals surface area contributed by atoms with Crippen molar-refractivity contribution in [1.29, 1.82) is 0 Å². The lowest BCUT2D eigenvalue weighted by Gasteiger charge is -2.15. The van der Waals surface area contributed by atoms with Gasteiger partial charge in [-0.15, -0.1) is 0 Å². The lowest BCUT2D eigenvalue weighted by atomic mass is 9.99. The van der Waals surface area contributed by atoms with Gasteiger partial charge in [0, 0.05) is 31.4 Å². The largest absolute Gasteiger partial charge is 0.417 e. The van der Waals surface area contributed by atoms with Crippen LogP contribution in [0.15, 0.2) is 18.5 Å². The second kappa shape index (κ2) is 4.62. The van der Waals surface area contributed by atoms with Crippen molar-refractivity contribution in [3.63, 3.8) is 0 Å². The van der Waals surface area contributed by atoms with Crippen molar-refractivity contribution in [3.8, 4) is 0 Å². The first-order valence-electron chi connectivity index (χ1n) is 5.45. The third kappa shape index (κ3) is 2.76. The fourth-order valence-electron chi connectivity index (χ4n) is 2.07. The minimum Gasteiger partial charge on any atom is -0.264 e. The Kier molecular flexibility index (Phi) is 3.35. The van der Waals surface area contributed by atoms with E-state index in [1.807, 2.05) is 12.1 Å². The predicted molar refractivity (Wildman–Crippen MR) is 57.2 cm³/mol. The lowest BCUT2D eigenvalue weighted by Crippen LogP contribution is -2.32. The fraction of sp³-hybridized carbons (Fsp3) is 0.545. The summed E-state index contributed by atoms with van der Waals surface area (Å²) in [6.45, 7) is 1.57. The maximum Gasteiger partial charge on any atom is 0.417 e. The number of nitrogens with zero attached hydrogens (tertiary/aromatic N) is 2. The minimum absolute atomic E-state index is 0.122. The molecule has 2 heterocycles. The smallest absolute Gasteiger partial charge is 0.264 e. The molecule has 1 saturated heterocycles. The van der Waals surface area contributed by atoms with Gasteiger partial charge in [0.2, 0.25) is 0 Å². The van der Waals surface area contributed by atoms with Crippen LogP contribution in [0.25, 0.3) is 0 Å². The summed E-state index contributed by atoms with van der Waals surface area (Å²) < 4.78 is 37.6. The number of rotatable bonds is 2. The molecule has 0 unspecified atom stereocenters. The molecular formula is C11H14F3N3. The molecule has 3 nitrogen and oxygen atoms in total. The average Bonchev–Trinajstić information content (AvgIpc) is 2.76. The minimum atomic E-state index is -4.32. The first-order chi connectivity index (χ1) is 8.00. The Balaban J connectivity index is 2.17. The Morgan fingerprint density at radius 3 is 2.76 bits per heavy atom. The number of pyridine rings is 1. The standard InChI is InChI=1S/C11H14F3N3/c1-15-17-3-2-8(7-17)9-4-10(6-16-5-9)11(12,13)14/h4-6,8,15H,2-3,7H2,1H3/t8-/m0/s1. The van der Waals surface area contributed by atoms with E-state index >= 15 is 0 Å². The Hall–Kier alpha value is -1.14. The summed E-state index contributed by atoms with van der Waals surface area (Å²) >= 11 is 0. The SMILES string of the molecule is CNN1CC[C@H](c2cncc(C(F)(F)F)c2)C1. The molecule has 1 fully saturated rings. The Bertz CT molecular complexity index is 392. The molecular weight excluding hydrogens is 231 g/mol. The second-order valence-corrected chi connectivity index (χ2v) is 4.16. The number of nitrogens with one attached hydrogen (secondary N) is 1. The first kappa shape index (κ1) is 12.3. The number of alkyl halides is 3. The Morgan fingerprint density at radius 1 is 1.41 bits per heavy atom. The Morgan fingerprint density at radius 2 is 2.18 bits per heavy atom. The number of aromatic nitrogens is 1. The summed E-state index contributed by atoms with van der Waals surface area (Å²) in [5, 5.41) is 1.99. The maximum atomic E-state index is 12.5. The van der Waals surface area contributed by atoms with Crippen molar-refractivity contribution in [2.24, 2.45) is 0 Å². The van der Waals surface area contributed by atoms with Crippen molar-refractivity contribution in [2.45, 2.75) is 18.5 Å². The molecule has 2 rings (SSSR count). The third-order valence-electron chi connectivity index (χ3n) is 3.06. The molecule has 0 radical (unpaired) electrons. The molecule has 6 heteroatoms. The van der Waals surface area contributed by atoms with Gasteiger partial charge in [-0.2, -0.15) is 13.2 Å². The third-order valence-corrected chi connectivity index (χ3v) is 3.06. The molecule has 94 valence electrons. The molecule has 1 aliphatic rings. The molecule has 1 aromatic heterocycles. The quantitative estimate of drug-likeness (QED) is 0.864. The zero-order valence-corrected chi connectivity index (χ0v) is 9.46. The fourth-order valence-corrected chi connectivity index (χ4v) is 2.07. The molecule has 1 aromatic rings. The van der Waals surface area contributed by atoms with E-state index in [1.54, 1.807) is 0 Å². The lowest BCUT2D eigenvalue weighted by molar-refractivity contribution is -0.137. The van der Waals surface area contributed by atoms with Gasteiger partial charge < -0.3 is 0 Å². The normalized spacial score (nSPS) is 22.0. The number of hydrogen-bond donors (Lipinski definition) is 1. The summed E-state index contributed by atoms with van der Waals surface area (Å²) in [5.74, 6) is 0.122. The van der Waals surface area contributed by atoms with E-state index in [2.05, 4.69) is 10.4 Å². The molecule has 0 bridgehead atoms. The summed E-state index contributed by atoms with van der Waals surface area (Å²) in [6, 6.07) is 1.21. The second-order valence-electron chi connectivity index (χ2n) is 4.16. The van der Waals surface area contributed by atoms with Crippen LogP contribution in [0.5, 0.6) is 0 Å². The summed E-state index contributed by atoms with van der Waals surface area (Å²) in [4.78, 5) is 3.69. The van der Waals surface area contributed by atoms with Crippen LogP contribution in [0.1, 0.15) is 23.5 Å². The molecule has 0 aliphatic carbocycles. The maximum absolute atomic E-state index is 12.5. The summed E-state index contributed by atoms with van der Waals surface area (Å²) in [6.07, 6.45) is -1.07. The highest BCUT2D eigenvalue weighted by Crippen LogP contribution is 2.32. The monoisotopic (exact) mass is 245 g/mol. The van der Waals surface area contributed by atoms with E-state index in [-0.39, 0.29) is 5.92 Å². The molecule has 0 saturated carbocycles. The number of hydrogen-bond acceptors (Lipinski definition) is 3. The molecule has 0 aromatic carbocycles. The van der Waals surface area contributed by atoms with Crippen LogP contribution in [0.3, 0.4) is 0 Å². The van der Waals surface area contributed by atoms with Gasteiger partial charge in [0.15, 0.2) is 0 Å². The van der Waals surface area contributed by atoms with E-state index in [0.717, 1.165) is 25.7 Å². The van der Waals surface area contributed by atoms with E-state index in [4.69, 9.17) is 0 Å². The van der Waals surface area contributed by atoms with Crippen LogP contribution >= 0.6 is 0 Å². The first-order valence-corrected chi connectivity index (χ1v) is 5.45. The molecule has 0 amide bonds. The van der Waals surface area contributed by atoms with Crippen LogP contribution < -0.4 is 5.43 Å². The van der Waals surface area contributed by atoms with E-state index in [0.29, 0.717) is 5.56 Å². The van der Waals surface area contributed by atoms with Gasteiger partial charge in [-0.3, -0.25) is 10.4 Å². The van der Waals surface area contributed by atoms with Crippen molar-refractivity contribution in [2.75, 3.05) is 20.1 Å². The predicted octanol–water partition coefficient (Wildman–Crippen LogP) is 2.02. The van der Waals surface area contributed by atoms with Crippen LogP contribution in [0, 0.1) is 0 Å².